The van der Waals surface area contributed by atoms with Crippen molar-refractivity contribution in [2.75, 3.05) is 13.2 Å². The first-order valence-electron chi connectivity index (χ1n) is 4.91. The molecule has 2 rings (SSSR count). The molecule has 0 saturated carbocycles. The zero-order chi connectivity index (χ0) is 11.6. The predicted octanol–water partition coefficient (Wildman–Crippen LogP) is 2.62. The van der Waals surface area contributed by atoms with Gasteiger partial charge in [0.25, 0.3) is 0 Å². The van der Waals surface area contributed by atoms with Gasteiger partial charge in [-0.15, -0.1) is 0 Å². The Hall–Kier alpha value is -1.07. The second kappa shape index (κ2) is 4.43. The van der Waals surface area contributed by atoms with E-state index >= 15 is 0 Å². The monoisotopic (exact) mass is 232 g/mol. The number of halogens is 3. The van der Waals surface area contributed by atoms with Crippen LogP contribution in [0.25, 0.3) is 0 Å². The molecular formula is C11H11F3O2. The molecule has 1 aromatic rings. The van der Waals surface area contributed by atoms with Crippen molar-refractivity contribution in [3.63, 3.8) is 0 Å². The molecule has 0 amide bonds. The molecule has 0 bridgehead atoms. The van der Waals surface area contributed by atoms with E-state index in [4.69, 9.17) is 9.47 Å². The van der Waals surface area contributed by atoms with Gasteiger partial charge in [-0.3, -0.25) is 0 Å². The number of epoxide rings is 1. The Bertz CT molecular complexity index is 341. The molecule has 0 radical (unpaired) electrons. The maximum absolute atomic E-state index is 12.2. The highest BCUT2D eigenvalue weighted by atomic mass is 19.4. The molecule has 0 aromatic heterocycles. The smallest absolute Gasteiger partial charge is 0.374 e. The molecule has 5 heteroatoms. The van der Waals surface area contributed by atoms with Gasteiger partial charge >= 0.3 is 6.18 Å². The van der Waals surface area contributed by atoms with Gasteiger partial charge in [0.05, 0.1) is 25.4 Å². The van der Waals surface area contributed by atoms with E-state index in [0.29, 0.717) is 19.8 Å². The first-order chi connectivity index (χ1) is 7.55. The van der Waals surface area contributed by atoms with Gasteiger partial charge in [-0.25, -0.2) is 0 Å². The van der Waals surface area contributed by atoms with Crippen molar-refractivity contribution < 1.29 is 22.6 Å². The second-order valence-electron chi connectivity index (χ2n) is 3.67. The molecule has 2 nitrogen and oxygen atoms in total. The molecule has 0 N–H and O–H groups in total. The largest absolute Gasteiger partial charge is 0.416 e. The molecule has 1 heterocycles. The fourth-order valence-electron chi connectivity index (χ4n) is 1.26. The summed E-state index contributed by atoms with van der Waals surface area (Å²) in [5.74, 6) is 0. The van der Waals surface area contributed by atoms with Crippen LogP contribution in [0, 0.1) is 0 Å². The lowest BCUT2D eigenvalue weighted by Crippen LogP contribution is -2.05. The summed E-state index contributed by atoms with van der Waals surface area (Å²) in [6, 6.07) is 4.98. The number of hydrogen-bond donors (Lipinski definition) is 0. The van der Waals surface area contributed by atoms with E-state index in [0.717, 1.165) is 17.7 Å². The van der Waals surface area contributed by atoms with Crippen LogP contribution in [-0.2, 0) is 22.3 Å². The molecule has 0 spiro atoms. The molecule has 0 aliphatic carbocycles. The van der Waals surface area contributed by atoms with E-state index in [1.165, 1.54) is 12.1 Å². The molecular weight excluding hydrogens is 221 g/mol. The van der Waals surface area contributed by atoms with Gasteiger partial charge in [-0.2, -0.15) is 13.2 Å². The first-order valence-corrected chi connectivity index (χ1v) is 4.91. The Morgan fingerprint density at radius 3 is 2.38 bits per heavy atom. The fourth-order valence-corrected chi connectivity index (χ4v) is 1.26. The number of hydrogen-bond acceptors (Lipinski definition) is 2. The summed E-state index contributed by atoms with van der Waals surface area (Å²) in [6.45, 7) is 1.53. The van der Waals surface area contributed by atoms with Crippen LogP contribution in [0.15, 0.2) is 24.3 Å². The molecule has 1 aliphatic rings. The van der Waals surface area contributed by atoms with E-state index in [9.17, 15) is 13.2 Å². The van der Waals surface area contributed by atoms with Crippen LogP contribution in [0.1, 0.15) is 11.1 Å². The molecule has 1 aromatic carbocycles. The predicted molar refractivity (Wildman–Crippen MR) is 50.8 cm³/mol. The first kappa shape index (κ1) is 11.4. The van der Waals surface area contributed by atoms with Crippen molar-refractivity contribution in [2.24, 2.45) is 0 Å². The van der Waals surface area contributed by atoms with E-state index < -0.39 is 11.7 Å². The van der Waals surface area contributed by atoms with Crippen LogP contribution in [0.3, 0.4) is 0 Å². The normalized spacial score (nSPS) is 19.8. The standard InChI is InChI=1S/C11H11F3O2/c12-11(13,14)9-3-1-8(2-4-9)5-15-6-10-7-16-10/h1-4,10H,5-7H2. The molecule has 1 saturated heterocycles. The van der Waals surface area contributed by atoms with E-state index in [2.05, 4.69) is 0 Å². The Balaban J connectivity index is 1.85. The third kappa shape index (κ3) is 3.21. The van der Waals surface area contributed by atoms with Gasteiger partial charge in [0.15, 0.2) is 0 Å². The van der Waals surface area contributed by atoms with Crippen molar-refractivity contribution in [3.05, 3.63) is 35.4 Å². The topological polar surface area (TPSA) is 21.8 Å². The maximum Gasteiger partial charge on any atom is 0.416 e. The molecule has 1 fully saturated rings. The van der Waals surface area contributed by atoms with Gasteiger partial charge in [0.2, 0.25) is 0 Å². The summed E-state index contributed by atoms with van der Waals surface area (Å²) in [5, 5.41) is 0. The van der Waals surface area contributed by atoms with Crippen LogP contribution in [-0.4, -0.2) is 19.3 Å². The number of alkyl halides is 3. The highest BCUT2D eigenvalue weighted by molar-refractivity contribution is 5.24. The van der Waals surface area contributed by atoms with E-state index in [1.807, 2.05) is 0 Å². The average molecular weight is 232 g/mol. The minimum Gasteiger partial charge on any atom is -0.374 e. The van der Waals surface area contributed by atoms with E-state index in [-0.39, 0.29) is 6.10 Å². The summed E-state index contributed by atoms with van der Waals surface area (Å²) < 4.78 is 46.9. The third-order valence-electron chi connectivity index (χ3n) is 2.26. The van der Waals surface area contributed by atoms with Gasteiger partial charge in [0.1, 0.15) is 6.10 Å². The summed E-state index contributed by atoms with van der Waals surface area (Å²) in [5.41, 5.74) is 0.0930. The third-order valence-corrected chi connectivity index (χ3v) is 2.26. The van der Waals surface area contributed by atoms with Gasteiger partial charge in [-0.05, 0) is 17.7 Å². The van der Waals surface area contributed by atoms with E-state index in [1.54, 1.807) is 0 Å². The molecule has 1 aliphatic heterocycles. The highest BCUT2D eigenvalue weighted by Gasteiger charge is 2.29. The van der Waals surface area contributed by atoms with Crippen LogP contribution in [0.5, 0.6) is 0 Å². The summed E-state index contributed by atoms with van der Waals surface area (Å²) in [4.78, 5) is 0. The van der Waals surface area contributed by atoms with Crippen molar-refractivity contribution >= 4 is 0 Å². The minimum atomic E-state index is -4.28. The van der Waals surface area contributed by atoms with Crippen LogP contribution >= 0.6 is 0 Å². The van der Waals surface area contributed by atoms with Crippen molar-refractivity contribution in [1.29, 1.82) is 0 Å². The van der Waals surface area contributed by atoms with Crippen LogP contribution in [0.2, 0.25) is 0 Å². The van der Waals surface area contributed by atoms with Gasteiger partial charge in [0, 0.05) is 0 Å². The van der Waals surface area contributed by atoms with Crippen LogP contribution in [0.4, 0.5) is 13.2 Å². The van der Waals surface area contributed by atoms with Crippen molar-refractivity contribution in [3.8, 4) is 0 Å². The highest BCUT2D eigenvalue weighted by Crippen LogP contribution is 2.29. The van der Waals surface area contributed by atoms with Gasteiger partial charge in [-0.1, -0.05) is 12.1 Å². The van der Waals surface area contributed by atoms with Crippen LogP contribution < -0.4 is 0 Å². The lowest BCUT2D eigenvalue weighted by Gasteiger charge is -2.07. The lowest BCUT2D eigenvalue weighted by molar-refractivity contribution is -0.137. The summed E-state index contributed by atoms with van der Waals surface area (Å²) in [6.07, 6.45) is -4.10. The zero-order valence-electron chi connectivity index (χ0n) is 8.46. The Morgan fingerprint density at radius 2 is 1.88 bits per heavy atom. The molecule has 1 atom stereocenters. The molecule has 88 valence electrons. The minimum absolute atomic E-state index is 0.175. The maximum atomic E-state index is 12.2. The number of benzene rings is 1. The fraction of sp³-hybridized carbons (Fsp3) is 0.455. The van der Waals surface area contributed by atoms with Crippen molar-refractivity contribution in [2.45, 2.75) is 18.9 Å². The zero-order valence-corrected chi connectivity index (χ0v) is 8.46. The quantitative estimate of drug-likeness (QED) is 0.744. The molecule has 1 unspecified atom stereocenters. The Kier molecular flexibility index (Phi) is 3.16. The second-order valence-corrected chi connectivity index (χ2v) is 3.67. The Labute approximate surface area is 91.0 Å². The summed E-state index contributed by atoms with van der Waals surface area (Å²) in [7, 11) is 0. The van der Waals surface area contributed by atoms with Crippen molar-refractivity contribution in [1.82, 2.24) is 0 Å². The average Bonchev–Trinajstić information content (AvgIpc) is 3.01. The number of ether oxygens (including phenoxy) is 2. The lowest BCUT2D eigenvalue weighted by atomic mass is 10.1. The van der Waals surface area contributed by atoms with Gasteiger partial charge < -0.3 is 9.47 Å². The summed E-state index contributed by atoms with van der Waals surface area (Å²) >= 11 is 0. The Morgan fingerprint density at radius 1 is 1.25 bits per heavy atom. The number of rotatable bonds is 4. The SMILES string of the molecule is FC(F)(F)c1ccc(COCC2CO2)cc1. The molecule has 16 heavy (non-hydrogen) atoms.